The molecule has 3 aromatic carbocycles. The second-order valence-electron chi connectivity index (χ2n) is 4.85. The number of pyridine rings is 1. The van der Waals surface area contributed by atoms with Gasteiger partial charge in [0.1, 0.15) is 0 Å². The van der Waals surface area contributed by atoms with Crippen molar-refractivity contribution in [3.8, 4) is 11.3 Å². The minimum atomic E-state index is 0. The number of rotatable bonds is 1. The standard InChI is InChI=1S/C19H12N.Ir/c1-2-6-17-14(5-1)8-9-15-10-11-16(13-18(15)17)19-7-3-4-12-20-19;/h1-10,12-13H;/q-1;. The van der Waals surface area contributed by atoms with Crippen LogP contribution in [0.4, 0.5) is 0 Å². The van der Waals surface area contributed by atoms with Gasteiger partial charge < -0.3 is 4.98 Å². The van der Waals surface area contributed by atoms with Crippen molar-refractivity contribution >= 4 is 21.5 Å². The fourth-order valence-corrected chi connectivity index (χ4v) is 2.61. The zero-order chi connectivity index (χ0) is 13.4. The molecule has 0 fully saturated rings. The summed E-state index contributed by atoms with van der Waals surface area (Å²) in [5, 5.41) is 5.00. The van der Waals surface area contributed by atoms with Gasteiger partial charge in [-0.25, -0.2) is 0 Å². The second-order valence-corrected chi connectivity index (χ2v) is 4.85. The smallest absolute Gasteiger partial charge is 0.0160 e. The molecule has 1 radical (unpaired) electrons. The predicted molar refractivity (Wildman–Crippen MR) is 83.5 cm³/mol. The van der Waals surface area contributed by atoms with Gasteiger partial charge in [-0.2, -0.15) is 0 Å². The van der Waals surface area contributed by atoms with Gasteiger partial charge in [-0.1, -0.05) is 59.3 Å². The van der Waals surface area contributed by atoms with Crippen molar-refractivity contribution in [3.05, 3.63) is 79.0 Å². The van der Waals surface area contributed by atoms with Gasteiger partial charge in [0, 0.05) is 26.3 Å². The molecule has 0 bridgehead atoms. The maximum absolute atomic E-state index is 4.40. The molecule has 1 heterocycles. The summed E-state index contributed by atoms with van der Waals surface area (Å²) in [6.07, 6.45) is 1.82. The van der Waals surface area contributed by atoms with Crippen molar-refractivity contribution in [1.82, 2.24) is 4.98 Å². The van der Waals surface area contributed by atoms with Crippen molar-refractivity contribution in [2.75, 3.05) is 0 Å². The molecule has 0 aliphatic heterocycles. The number of benzene rings is 3. The Balaban J connectivity index is 0.00000132. The van der Waals surface area contributed by atoms with Crippen LogP contribution in [-0.2, 0) is 20.1 Å². The predicted octanol–water partition coefficient (Wildman–Crippen LogP) is 4.85. The Morgan fingerprint density at radius 2 is 1.57 bits per heavy atom. The molecule has 103 valence electrons. The summed E-state index contributed by atoms with van der Waals surface area (Å²) >= 11 is 0. The number of aromatic nitrogens is 1. The van der Waals surface area contributed by atoms with E-state index in [4.69, 9.17) is 0 Å². The molecule has 0 aliphatic carbocycles. The second kappa shape index (κ2) is 5.77. The summed E-state index contributed by atoms with van der Waals surface area (Å²) in [6.45, 7) is 0. The molecule has 21 heavy (non-hydrogen) atoms. The summed E-state index contributed by atoms with van der Waals surface area (Å²) < 4.78 is 0. The minimum absolute atomic E-state index is 0. The molecular formula is C19H12IrN-. The van der Waals surface area contributed by atoms with E-state index in [1.165, 1.54) is 21.5 Å². The summed E-state index contributed by atoms with van der Waals surface area (Å²) in [6, 6.07) is 26.3. The van der Waals surface area contributed by atoms with Crippen LogP contribution in [0.1, 0.15) is 0 Å². The maximum Gasteiger partial charge on any atom is 0.0160 e. The van der Waals surface area contributed by atoms with E-state index in [2.05, 4.69) is 53.5 Å². The summed E-state index contributed by atoms with van der Waals surface area (Å²) in [7, 11) is 0. The van der Waals surface area contributed by atoms with Crippen LogP contribution in [0.5, 0.6) is 0 Å². The van der Waals surface area contributed by atoms with E-state index >= 15 is 0 Å². The van der Waals surface area contributed by atoms with E-state index < -0.39 is 0 Å². The molecular weight excluding hydrogens is 434 g/mol. The Morgan fingerprint density at radius 1 is 0.762 bits per heavy atom. The van der Waals surface area contributed by atoms with E-state index in [0.29, 0.717) is 0 Å². The van der Waals surface area contributed by atoms with Gasteiger partial charge in [-0.3, -0.25) is 0 Å². The molecule has 1 nitrogen and oxygen atoms in total. The largest absolute Gasteiger partial charge is 0.305 e. The van der Waals surface area contributed by atoms with E-state index in [9.17, 15) is 0 Å². The fourth-order valence-electron chi connectivity index (χ4n) is 2.61. The Kier molecular flexibility index (Phi) is 3.83. The van der Waals surface area contributed by atoms with E-state index in [0.717, 1.165) is 11.3 Å². The fraction of sp³-hybridized carbons (Fsp3) is 0. The van der Waals surface area contributed by atoms with Crippen LogP contribution in [0.25, 0.3) is 32.8 Å². The first kappa shape index (κ1) is 13.9. The first-order valence-electron chi connectivity index (χ1n) is 6.66. The Morgan fingerprint density at radius 3 is 2.43 bits per heavy atom. The molecule has 4 rings (SSSR count). The van der Waals surface area contributed by atoms with Crippen LogP contribution < -0.4 is 0 Å². The molecule has 2 heteroatoms. The van der Waals surface area contributed by atoms with Gasteiger partial charge in [0.15, 0.2) is 0 Å². The topological polar surface area (TPSA) is 12.9 Å². The third-order valence-electron chi connectivity index (χ3n) is 3.62. The minimum Gasteiger partial charge on any atom is -0.305 e. The summed E-state index contributed by atoms with van der Waals surface area (Å²) in [5.74, 6) is 0. The zero-order valence-corrected chi connectivity index (χ0v) is 13.6. The third kappa shape index (κ3) is 2.49. The van der Waals surface area contributed by atoms with Crippen LogP contribution in [0.2, 0.25) is 0 Å². The van der Waals surface area contributed by atoms with Crippen molar-refractivity contribution in [1.29, 1.82) is 0 Å². The van der Waals surface area contributed by atoms with E-state index in [-0.39, 0.29) is 20.1 Å². The molecule has 4 aromatic rings. The molecule has 0 N–H and O–H groups in total. The number of nitrogens with zero attached hydrogens (tertiary/aromatic N) is 1. The SMILES string of the molecule is [Ir].[c-]1cc2ccc3ccccc3c2cc1-c1ccccn1. The molecule has 0 atom stereocenters. The Labute approximate surface area is 137 Å². The van der Waals surface area contributed by atoms with Crippen molar-refractivity contribution in [3.63, 3.8) is 0 Å². The molecule has 0 saturated heterocycles. The van der Waals surface area contributed by atoms with Gasteiger partial charge in [0.05, 0.1) is 0 Å². The average Bonchev–Trinajstić information content (AvgIpc) is 2.55. The number of fused-ring (bicyclic) bond motifs is 3. The van der Waals surface area contributed by atoms with Crippen molar-refractivity contribution in [2.24, 2.45) is 0 Å². The quantitative estimate of drug-likeness (QED) is 0.301. The molecule has 0 spiro atoms. The van der Waals surface area contributed by atoms with Crippen LogP contribution >= 0.6 is 0 Å². The Hall–Kier alpha value is -2.02. The van der Waals surface area contributed by atoms with E-state index in [1.807, 2.05) is 30.5 Å². The van der Waals surface area contributed by atoms with Crippen LogP contribution in [-0.4, -0.2) is 4.98 Å². The number of hydrogen-bond donors (Lipinski definition) is 0. The monoisotopic (exact) mass is 447 g/mol. The first-order chi connectivity index (χ1) is 9.92. The van der Waals surface area contributed by atoms with Gasteiger partial charge >= 0.3 is 0 Å². The summed E-state index contributed by atoms with van der Waals surface area (Å²) in [4.78, 5) is 4.40. The van der Waals surface area contributed by atoms with Gasteiger partial charge in [-0.15, -0.1) is 23.8 Å². The van der Waals surface area contributed by atoms with Gasteiger partial charge in [0.2, 0.25) is 0 Å². The first-order valence-corrected chi connectivity index (χ1v) is 6.66. The maximum atomic E-state index is 4.40. The van der Waals surface area contributed by atoms with Gasteiger partial charge in [0.25, 0.3) is 0 Å². The summed E-state index contributed by atoms with van der Waals surface area (Å²) in [5.41, 5.74) is 2.00. The molecule has 0 saturated carbocycles. The van der Waals surface area contributed by atoms with Crippen LogP contribution in [0.15, 0.2) is 72.9 Å². The molecule has 0 amide bonds. The third-order valence-corrected chi connectivity index (χ3v) is 3.62. The van der Waals surface area contributed by atoms with Crippen molar-refractivity contribution in [2.45, 2.75) is 0 Å². The molecule has 0 unspecified atom stereocenters. The Bertz CT molecular complexity index is 901. The molecule has 1 aromatic heterocycles. The van der Waals surface area contributed by atoms with E-state index in [1.54, 1.807) is 0 Å². The van der Waals surface area contributed by atoms with Crippen LogP contribution in [0.3, 0.4) is 0 Å². The number of hydrogen-bond acceptors (Lipinski definition) is 1. The van der Waals surface area contributed by atoms with Crippen LogP contribution in [0, 0.1) is 6.07 Å². The normalized spacial score (nSPS) is 10.5. The van der Waals surface area contributed by atoms with Gasteiger partial charge in [-0.05, 0) is 22.5 Å². The zero-order valence-electron chi connectivity index (χ0n) is 11.2. The van der Waals surface area contributed by atoms with Crippen molar-refractivity contribution < 1.29 is 20.1 Å². The average molecular weight is 447 g/mol. The molecule has 0 aliphatic rings.